The quantitative estimate of drug-likeness (QED) is 0.701. The molecule has 148 valence electrons. The molecule has 0 saturated carbocycles. The molecular weight excluding hydrogens is 401 g/mol. The number of carbonyl (C=O) groups is 1. The molecule has 2 aromatic carbocycles. The summed E-state index contributed by atoms with van der Waals surface area (Å²) >= 11 is 5.76. The zero-order chi connectivity index (χ0) is 20.0. The third-order valence-electron chi connectivity index (χ3n) is 4.81. The lowest BCUT2D eigenvalue weighted by atomic mass is 10.1. The molecule has 2 aliphatic heterocycles. The van der Waals surface area contributed by atoms with Crippen molar-refractivity contribution in [2.24, 2.45) is 0 Å². The zero-order valence-electron chi connectivity index (χ0n) is 15.0. The second kappa shape index (κ2) is 7.06. The van der Waals surface area contributed by atoms with Gasteiger partial charge < -0.3 is 19.5 Å². The first-order valence-corrected chi connectivity index (χ1v) is 9.29. The third-order valence-corrected chi connectivity index (χ3v) is 5.10. The van der Waals surface area contributed by atoms with Crippen LogP contribution >= 0.6 is 11.6 Å². The van der Waals surface area contributed by atoms with E-state index in [4.69, 9.17) is 25.8 Å². The number of benzene rings is 2. The number of carbonyl (C=O) groups excluding carboxylic acids is 1. The molecular formula is C20H15ClFN3O4. The van der Waals surface area contributed by atoms with Crippen molar-refractivity contribution < 1.29 is 23.4 Å². The van der Waals surface area contributed by atoms with Gasteiger partial charge >= 0.3 is 0 Å². The molecule has 2 aliphatic rings. The molecule has 0 spiro atoms. The first kappa shape index (κ1) is 18.0. The number of amides is 1. The maximum Gasteiger partial charge on any atom is 0.276 e. The highest BCUT2D eigenvalue weighted by Gasteiger charge is 2.26. The molecule has 1 amide bonds. The Labute approximate surface area is 169 Å². The van der Waals surface area contributed by atoms with Crippen molar-refractivity contribution >= 4 is 23.2 Å². The van der Waals surface area contributed by atoms with Gasteiger partial charge in [0.1, 0.15) is 11.9 Å². The summed E-state index contributed by atoms with van der Waals surface area (Å²) in [5.41, 5.74) is 2.38. The molecule has 7 nitrogen and oxygen atoms in total. The lowest BCUT2D eigenvalue weighted by Crippen LogP contribution is -2.22. The van der Waals surface area contributed by atoms with Crippen LogP contribution < -0.4 is 14.8 Å². The Balaban J connectivity index is 1.32. The summed E-state index contributed by atoms with van der Waals surface area (Å²) in [4.78, 5) is 12.5. The smallest absolute Gasteiger partial charge is 0.276 e. The molecule has 0 fully saturated rings. The number of hydrogen-bond acceptors (Lipinski definition) is 5. The van der Waals surface area contributed by atoms with Crippen LogP contribution in [0.4, 0.5) is 10.1 Å². The number of nitrogens with zero attached hydrogens (tertiary/aromatic N) is 2. The van der Waals surface area contributed by atoms with Crippen LogP contribution in [0.2, 0.25) is 5.02 Å². The predicted molar refractivity (Wildman–Crippen MR) is 102 cm³/mol. The van der Waals surface area contributed by atoms with Crippen molar-refractivity contribution in [2.45, 2.75) is 19.3 Å². The van der Waals surface area contributed by atoms with Gasteiger partial charge in [-0.25, -0.2) is 4.39 Å². The Morgan fingerprint density at radius 2 is 2.03 bits per heavy atom. The summed E-state index contributed by atoms with van der Waals surface area (Å²) in [5, 5.41) is 7.00. The van der Waals surface area contributed by atoms with Crippen LogP contribution in [-0.2, 0) is 17.9 Å². The Morgan fingerprint density at radius 1 is 1.17 bits per heavy atom. The highest BCUT2D eigenvalue weighted by atomic mass is 35.5. The summed E-state index contributed by atoms with van der Waals surface area (Å²) in [6.45, 7) is 0.998. The highest BCUT2D eigenvalue weighted by Crippen LogP contribution is 2.36. The van der Waals surface area contributed by atoms with Gasteiger partial charge in [-0.1, -0.05) is 17.7 Å². The van der Waals surface area contributed by atoms with Gasteiger partial charge in [-0.15, -0.1) is 0 Å². The number of aromatic nitrogens is 2. The lowest BCUT2D eigenvalue weighted by molar-refractivity contribution is -0.00127. The normalized spacial score (nSPS) is 17.1. The molecule has 1 aromatic heterocycles. The number of hydrogen-bond donors (Lipinski definition) is 1. The Bertz CT molecular complexity index is 1120. The minimum absolute atomic E-state index is 0.0631. The molecule has 29 heavy (non-hydrogen) atoms. The molecule has 5 rings (SSSR count). The van der Waals surface area contributed by atoms with Gasteiger partial charge in [-0.2, -0.15) is 5.10 Å². The first-order valence-electron chi connectivity index (χ1n) is 8.91. The van der Waals surface area contributed by atoms with Gasteiger partial charge in [0, 0.05) is 5.69 Å². The van der Waals surface area contributed by atoms with Gasteiger partial charge in [0.05, 0.1) is 23.9 Å². The van der Waals surface area contributed by atoms with E-state index in [-0.39, 0.29) is 23.6 Å². The maximum absolute atomic E-state index is 13.3. The van der Waals surface area contributed by atoms with E-state index in [1.807, 2.05) is 18.2 Å². The summed E-state index contributed by atoms with van der Waals surface area (Å²) < 4.78 is 31.7. The van der Waals surface area contributed by atoms with E-state index in [1.165, 1.54) is 18.2 Å². The van der Waals surface area contributed by atoms with Crippen LogP contribution in [0.25, 0.3) is 0 Å². The molecule has 3 heterocycles. The van der Waals surface area contributed by atoms with E-state index < -0.39 is 11.7 Å². The molecule has 0 bridgehead atoms. The summed E-state index contributed by atoms with van der Waals surface area (Å²) in [7, 11) is 0. The second-order valence-corrected chi connectivity index (χ2v) is 7.11. The van der Waals surface area contributed by atoms with Gasteiger partial charge in [0.25, 0.3) is 5.91 Å². The first-order chi connectivity index (χ1) is 14.1. The lowest BCUT2D eigenvalue weighted by Gasteiger charge is -2.24. The SMILES string of the molecule is O=C(Nc1ccc(F)c(Cl)c1)c1cc2n(n1)C[C@@H](c1ccc3c(c1)OCO3)OC2. The molecule has 0 radical (unpaired) electrons. The summed E-state index contributed by atoms with van der Waals surface area (Å²) in [6, 6.07) is 11.3. The number of anilines is 1. The predicted octanol–water partition coefficient (Wildman–Crippen LogP) is 3.93. The van der Waals surface area contributed by atoms with E-state index in [0.717, 1.165) is 11.3 Å². The second-order valence-electron chi connectivity index (χ2n) is 6.70. The number of ether oxygens (including phenoxy) is 3. The van der Waals surface area contributed by atoms with Crippen LogP contribution in [0.15, 0.2) is 42.5 Å². The van der Waals surface area contributed by atoms with Crippen molar-refractivity contribution in [3.8, 4) is 11.5 Å². The topological polar surface area (TPSA) is 74.6 Å². The van der Waals surface area contributed by atoms with Gasteiger partial charge in [-0.05, 0) is 42.0 Å². The fourth-order valence-corrected chi connectivity index (χ4v) is 3.50. The van der Waals surface area contributed by atoms with Crippen molar-refractivity contribution in [1.82, 2.24) is 9.78 Å². The van der Waals surface area contributed by atoms with E-state index in [0.29, 0.717) is 30.3 Å². The van der Waals surface area contributed by atoms with Gasteiger partial charge in [0.2, 0.25) is 6.79 Å². The number of halogens is 2. The van der Waals surface area contributed by atoms with E-state index in [1.54, 1.807) is 10.7 Å². The highest BCUT2D eigenvalue weighted by molar-refractivity contribution is 6.31. The van der Waals surface area contributed by atoms with Crippen LogP contribution in [-0.4, -0.2) is 22.5 Å². The van der Waals surface area contributed by atoms with Gasteiger partial charge in [-0.3, -0.25) is 9.48 Å². The fraction of sp³-hybridized carbons (Fsp3) is 0.200. The minimum Gasteiger partial charge on any atom is -0.454 e. The van der Waals surface area contributed by atoms with E-state index >= 15 is 0 Å². The number of nitrogens with one attached hydrogen (secondary N) is 1. The Hall–Kier alpha value is -3.10. The van der Waals surface area contributed by atoms with E-state index in [2.05, 4.69) is 10.4 Å². The van der Waals surface area contributed by atoms with Crippen LogP contribution in [0.3, 0.4) is 0 Å². The number of fused-ring (bicyclic) bond motifs is 2. The average molecular weight is 416 g/mol. The average Bonchev–Trinajstić information content (AvgIpc) is 3.36. The van der Waals surface area contributed by atoms with Crippen LogP contribution in [0.5, 0.6) is 11.5 Å². The molecule has 1 atom stereocenters. The monoisotopic (exact) mass is 415 g/mol. The fourth-order valence-electron chi connectivity index (χ4n) is 3.32. The van der Waals surface area contributed by atoms with Crippen molar-refractivity contribution in [3.63, 3.8) is 0 Å². The van der Waals surface area contributed by atoms with Crippen molar-refractivity contribution in [2.75, 3.05) is 12.1 Å². The summed E-state index contributed by atoms with van der Waals surface area (Å²) in [6.07, 6.45) is -0.219. The van der Waals surface area contributed by atoms with Gasteiger partial charge in [0.15, 0.2) is 17.2 Å². The molecule has 3 aromatic rings. The Kier molecular flexibility index (Phi) is 4.37. The molecule has 0 aliphatic carbocycles. The molecule has 0 unspecified atom stereocenters. The molecule has 1 N–H and O–H groups in total. The third kappa shape index (κ3) is 3.41. The number of rotatable bonds is 3. The summed E-state index contributed by atoms with van der Waals surface area (Å²) in [5.74, 6) is 0.447. The largest absolute Gasteiger partial charge is 0.454 e. The zero-order valence-corrected chi connectivity index (χ0v) is 15.8. The minimum atomic E-state index is -0.547. The van der Waals surface area contributed by atoms with Crippen LogP contribution in [0.1, 0.15) is 27.8 Å². The molecule has 0 saturated heterocycles. The Morgan fingerprint density at radius 3 is 2.90 bits per heavy atom. The van der Waals surface area contributed by atoms with Crippen molar-refractivity contribution in [1.29, 1.82) is 0 Å². The van der Waals surface area contributed by atoms with E-state index in [9.17, 15) is 9.18 Å². The van der Waals surface area contributed by atoms with Crippen LogP contribution in [0, 0.1) is 5.82 Å². The standard InChI is InChI=1S/C20H15ClFN3O4/c21-14-6-12(2-3-15(14)22)23-20(26)16-7-13-9-27-19(8-25(13)24-16)11-1-4-17-18(5-11)29-10-28-17/h1-7,19H,8-10H2,(H,23,26)/t19-/m0/s1. The van der Waals surface area contributed by atoms with Crippen molar-refractivity contribution in [3.05, 3.63) is 70.3 Å². The molecule has 9 heteroatoms. The maximum atomic E-state index is 13.3.